The molecule has 32 heavy (non-hydrogen) atoms. The van der Waals surface area contributed by atoms with Gasteiger partial charge in [0.25, 0.3) is 5.91 Å². The van der Waals surface area contributed by atoms with Gasteiger partial charge in [0.05, 0.1) is 18.6 Å². The quantitative estimate of drug-likeness (QED) is 0.484. The molecule has 1 amide bonds. The smallest absolute Gasteiger partial charge is 0.374 e. The molecule has 0 aliphatic rings. The van der Waals surface area contributed by atoms with Crippen molar-refractivity contribution >= 4 is 22.8 Å². The minimum Gasteiger partial charge on any atom is -0.490 e. The van der Waals surface area contributed by atoms with E-state index in [0.29, 0.717) is 43.1 Å². The van der Waals surface area contributed by atoms with E-state index in [1.54, 1.807) is 24.3 Å². The van der Waals surface area contributed by atoms with Crippen molar-refractivity contribution in [2.45, 2.75) is 20.3 Å². The van der Waals surface area contributed by atoms with Crippen molar-refractivity contribution in [2.75, 3.05) is 26.4 Å². The largest absolute Gasteiger partial charge is 0.490 e. The lowest BCUT2D eigenvalue weighted by Crippen LogP contribution is -2.30. The van der Waals surface area contributed by atoms with Gasteiger partial charge in [0.15, 0.2) is 23.5 Å². The average molecular weight is 439 g/mol. The highest BCUT2D eigenvalue weighted by Crippen LogP contribution is 2.28. The molecular formula is C24H25NO7. The van der Waals surface area contributed by atoms with E-state index in [9.17, 15) is 14.4 Å². The first-order valence-corrected chi connectivity index (χ1v) is 10.4. The first-order valence-electron chi connectivity index (χ1n) is 10.4. The van der Waals surface area contributed by atoms with E-state index in [1.165, 1.54) is 0 Å². The number of fused-ring (bicyclic) bond motifs is 1. The van der Waals surface area contributed by atoms with Gasteiger partial charge in [-0.05, 0) is 50.1 Å². The molecule has 0 fully saturated rings. The zero-order valence-corrected chi connectivity index (χ0v) is 18.0. The third-order valence-corrected chi connectivity index (χ3v) is 4.51. The molecule has 3 rings (SSSR count). The topological polar surface area (TPSA) is 104 Å². The van der Waals surface area contributed by atoms with Crippen molar-refractivity contribution in [3.63, 3.8) is 0 Å². The molecule has 0 spiro atoms. The molecule has 2 aromatic carbocycles. The third kappa shape index (κ3) is 5.87. The fraction of sp³-hybridized carbons (Fsp3) is 0.292. The number of amides is 1. The summed E-state index contributed by atoms with van der Waals surface area (Å²) in [6, 6.07) is 13.3. The number of ether oxygens (including phenoxy) is 3. The van der Waals surface area contributed by atoms with Gasteiger partial charge < -0.3 is 23.9 Å². The third-order valence-electron chi connectivity index (χ3n) is 4.51. The molecule has 0 aliphatic heterocycles. The van der Waals surface area contributed by atoms with Crippen LogP contribution in [0.15, 0.2) is 57.7 Å². The molecule has 0 radical (unpaired) electrons. The second-order valence-corrected chi connectivity index (χ2v) is 6.79. The lowest BCUT2D eigenvalue weighted by molar-refractivity contribution is -0.124. The fourth-order valence-electron chi connectivity index (χ4n) is 3.06. The number of benzene rings is 2. The minimum absolute atomic E-state index is 0.251. The molecule has 1 aromatic heterocycles. The predicted octanol–water partition coefficient (Wildman–Crippen LogP) is 3.11. The van der Waals surface area contributed by atoms with Crippen LogP contribution in [-0.4, -0.2) is 38.2 Å². The van der Waals surface area contributed by atoms with Crippen molar-refractivity contribution in [3.05, 3.63) is 70.1 Å². The Morgan fingerprint density at radius 2 is 1.72 bits per heavy atom. The molecule has 0 saturated heterocycles. The Hall–Kier alpha value is -3.81. The summed E-state index contributed by atoms with van der Waals surface area (Å²) in [5, 5.41) is 3.05. The van der Waals surface area contributed by atoms with Gasteiger partial charge in [0.2, 0.25) is 5.76 Å². The van der Waals surface area contributed by atoms with Crippen LogP contribution in [0.1, 0.15) is 30.0 Å². The zero-order chi connectivity index (χ0) is 22.9. The van der Waals surface area contributed by atoms with Crippen molar-refractivity contribution in [1.29, 1.82) is 0 Å². The molecule has 0 bridgehead atoms. The van der Waals surface area contributed by atoms with Gasteiger partial charge in [-0.3, -0.25) is 9.59 Å². The Labute approximate surface area is 185 Å². The van der Waals surface area contributed by atoms with Gasteiger partial charge in [-0.2, -0.15) is 0 Å². The van der Waals surface area contributed by atoms with Gasteiger partial charge in [-0.25, -0.2) is 4.79 Å². The summed E-state index contributed by atoms with van der Waals surface area (Å²) < 4.78 is 21.5. The number of carbonyl (C=O) groups is 2. The SMILES string of the molecule is CCOc1ccc(CCNC(=O)COC(=O)c2cc(=O)c3ccccc3o2)cc1OCC. The van der Waals surface area contributed by atoms with Gasteiger partial charge in [-0.1, -0.05) is 18.2 Å². The van der Waals surface area contributed by atoms with Gasteiger partial charge >= 0.3 is 5.97 Å². The lowest BCUT2D eigenvalue weighted by atomic mass is 10.1. The van der Waals surface area contributed by atoms with Crippen LogP contribution in [0.25, 0.3) is 11.0 Å². The summed E-state index contributed by atoms with van der Waals surface area (Å²) in [5.74, 6) is -0.258. The van der Waals surface area contributed by atoms with Crippen molar-refractivity contribution in [3.8, 4) is 11.5 Å². The summed E-state index contributed by atoms with van der Waals surface area (Å²) >= 11 is 0. The Bertz CT molecular complexity index is 1150. The maximum atomic E-state index is 12.2. The van der Waals surface area contributed by atoms with E-state index in [2.05, 4.69) is 5.32 Å². The number of esters is 1. The zero-order valence-electron chi connectivity index (χ0n) is 18.0. The number of para-hydroxylation sites is 1. The normalized spacial score (nSPS) is 10.6. The van der Waals surface area contributed by atoms with E-state index in [0.717, 1.165) is 11.6 Å². The van der Waals surface area contributed by atoms with Crippen LogP contribution < -0.4 is 20.2 Å². The van der Waals surface area contributed by atoms with Crippen molar-refractivity contribution in [1.82, 2.24) is 5.32 Å². The molecule has 0 saturated carbocycles. The van der Waals surface area contributed by atoms with Crippen LogP contribution in [0.2, 0.25) is 0 Å². The maximum absolute atomic E-state index is 12.2. The summed E-state index contributed by atoms with van der Waals surface area (Å²) in [6.07, 6.45) is 0.561. The summed E-state index contributed by atoms with van der Waals surface area (Å²) in [6.45, 7) is 4.72. The molecule has 8 heteroatoms. The van der Waals surface area contributed by atoms with Crippen LogP contribution in [0.5, 0.6) is 11.5 Å². The Kier molecular flexibility index (Phi) is 7.85. The van der Waals surface area contributed by atoms with Gasteiger partial charge in [-0.15, -0.1) is 0 Å². The second-order valence-electron chi connectivity index (χ2n) is 6.79. The Morgan fingerprint density at radius 1 is 0.969 bits per heavy atom. The molecule has 0 atom stereocenters. The number of nitrogens with one attached hydrogen (secondary N) is 1. The van der Waals surface area contributed by atoms with Crippen LogP contribution >= 0.6 is 0 Å². The summed E-state index contributed by atoms with van der Waals surface area (Å²) in [4.78, 5) is 36.3. The molecule has 168 valence electrons. The number of hydrogen-bond acceptors (Lipinski definition) is 7. The predicted molar refractivity (Wildman–Crippen MR) is 118 cm³/mol. The molecular weight excluding hydrogens is 414 g/mol. The first-order chi connectivity index (χ1) is 15.5. The van der Waals surface area contributed by atoms with Crippen LogP contribution in [0, 0.1) is 0 Å². The molecule has 8 nitrogen and oxygen atoms in total. The summed E-state index contributed by atoms with van der Waals surface area (Å²) in [7, 11) is 0. The standard InChI is InChI=1S/C24H25NO7/c1-3-29-20-10-9-16(13-21(20)30-4-2)11-12-25-23(27)15-31-24(28)22-14-18(26)17-7-5-6-8-19(17)32-22/h5-10,13-14H,3-4,11-12,15H2,1-2H3,(H,25,27). The fourth-order valence-corrected chi connectivity index (χ4v) is 3.06. The van der Waals surface area contributed by atoms with Gasteiger partial charge in [0, 0.05) is 12.6 Å². The first kappa shape index (κ1) is 22.9. The van der Waals surface area contributed by atoms with Crippen molar-refractivity contribution < 1.29 is 28.2 Å². The van der Waals surface area contributed by atoms with E-state index in [1.807, 2.05) is 32.0 Å². The highest BCUT2D eigenvalue weighted by Gasteiger charge is 2.15. The Morgan fingerprint density at radius 3 is 2.50 bits per heavy atom. The lowest BCUT2D eigenvalue weighted by Gasteiger charge is -2.12. The van der Waals surface area contributed by atoms with E-state index in [4.69, 9.17) is 18.6 Å². The molecule has 0 unspecified atom stereocenters. The molecule has 1 N–H and O–H groups in total. The average Bonchev–Trinajstić information content (AvgIpc) is 2.79. The van der Waals surface area contributed by atoms with Crippen LogP contribution in [0.3, 0.4) is 0 Å². The van der Waals surface area contributed by atoms with Crippen LogP contribution in [-0.2, 0) is 16.0 Å². The second kappa shape index (κ2) is 11.0. The molecule has 0 aliphatic carbocycles. The monoisotopic (exact) mass is 439 g/mol. The van der Waals surface area contributed by atoms with E-state index in [-0.39, 0.29) is 16.8 Å². The highest BCUT2D eigenvalue weighted by molar-refractivity contribution is 5.90. The van der Waals surface area contributed by atoms with Crippen LogP contribution in [0.4, 0.5) is 0 Å². The molecule has 3 aromatic rings. The number of carbonyl (C=O) groups excluding carboxylic acids is 2. The van der Waals surface area contributed by atoms with Gasteiger partial charge in [0.1, 0.15) is 5.58 Å². The summed E-state index contributed by atoms with van der Waals surface area (Å²) in [5.41, 5.74) is 0.885. The minimum atomic E-state index is -0.879. The molecule has 1 heterocycles. The maximum Gasteiger partial charge on any atom is 0.374 e. The van der Waals surface area contributed by atoms with E-state index < -0.39 is 18.5 Å². The number of rotatable bonds is 10. The highest BCUT2D eigenvalue weighted by atomic mass is 16.5. The Balaban J connectivity index is 1.50. The van der Waals surface area contributed by atoms with Crippen molar-refractivity contribution in [2.24, 2.45) is 0 Å². The van der Waals surface area contributed by atoms with E-state index >= 15 is 0 Å². The number of hydrogen-bond donors (Lipinski definition) is 1.